The number of aliphatic hydroxyl groups is 1. The first-order valence-corrected chi connectivity index (χ1v) is 22.1. The molecule has 1 unspecified atom stereocenters. The highest BCUT2D eigenvalue weighted by Crippen LogP contribution is 2.63. The molecule has 2 fully saturated rings. The van der Waals surface area contributed by atoms with Crippen molar-refractivity contribution in [3.05, 3.63) is 204 Å². The molecule has 8 aromatic rings. The lowest BCUT2D eigenvalue weighted by Crippen LogP contribution is -2.66. The van der Waals surface area contributed by atoms with Crippen molar-refractivity contribution in [2.24, 2.45) is 0 Å². The van der Waals surface area contributed by atoms with E-state index in [1.54, 1.807) is 10.9 Å². The molecule has 0 saturated carbocycles. The number of nitrogens with two attached hydrogens (primary N) is 1. The molecular weight excluding hydrogens is 819 g/mol. The van der Waals surface area contributed by atoms with Crippen LogP contribution in [0.4, 0.5) is 5.82 Å². The van der Waals surface area contributed by atoms with Crippen LogP contribution in [0.1, 0.15) is 58.9 Å². The summed E-state index contributed by atoms with van der Waals surface area (Å²) in [4.78, 5) is 13.6. The van der Waals surface area contributed by atoms with Gasteiger partial charge in [-0.05, 0) is 54.7 Å². The average Bonchev–Trinajstić information content (AvgIpc) is 3.92. The van der Waals surface area contributed by atoms with Crippen LogP contribution >= 0.6 is 0 Å². The SMILES string of the molecule is Nc1ncnc2c1ncn2[C@@H]1O[C@H](COC2(c3ccccc3)c3ccccc3Oc3ccccc32)[C@](O)(C2(c3ccccc3)c3ccccc3Oc3ccccc32)[C@H]1OC1CCCCO1. The van der Waals surface area contributed by atoms with E-state index in [4.69, 9.17) is 39.1 Å². The molecule has 4 aliphatic heterocycles. The average molecular weight is 864 g/mol. The fourth-order valence-corrected chi connectivity index (χ4v) is 10.8. The maximum Gasteiger partial charge on any atom is 0.167 e. The van der Waals surface area contributed by atoms with E-state index in [1.165, 1.54) is 6.33 Å². The van der Waals surface area contributed by atoms with Crippen molar-refractivity contribution in [1.29, 1.82) is 0 Å². The maximum atomic E-state index is 15.2. The van der Waals surface area contributed by atoms with Crippen molar-refractivity contribution in [3.8, 4) is 23.0 Å². The van der Waals surface area contributed by atoms with E-state index in [2.05, 4.69) is 22.1 Å². The highest BCUT2D eigenvalue weighted by molar-refractivity contribution is 5.81. The molecule has 0 amide bonds. The first-order valence-electron chi connectivity index (χ1n) is 22.1. The van der Waals surface area contributed by atoms with E-state index in [0.29, 0.717) is 47.2 Å². The summed E-state index contributed by atoms with van der Waals surface area (Å²) in [5.74, 6) is 2.69. The maximum absolute atomic E-state index is 15.2. The fraction of sp³-hybridized carbons (Fsp3) is 0.226. The Kier molecular flexibility index (Phi) is 9.55. The topological polar surface area (TPSA) is 145 Å². The van der Waals surface area contributed by atoms with Crippen LogP contribution in [0.15, 0.2) is 170 Å². The summed E-state index contributed by atoms with van der Waals surface area (Å²) in [7, 11) is 0. The summed E-state index contributed by atoms with van der Waals surface area (Å²) in [6.07, 6.45) is 1.36. The van der Waals surface area contributed by atoms with Crippen molar-refractivity contribution < 1.29 is 33.5 Å². The molecule has 5 atom stereocenters. The number of nitrogens with zero attached hydrogens (tertiary/aromatic N) is 4. The van der Waals surface area contributed by atoms with Gasteiger partial charge in [-0.25, -0.2) is 15.0 Å². The second-order valence-electron chi connectivity index (χ2n) is 16.9. The van der Waals surface area contributed by atoms with Gasteiger partial charge in [-0.1, -0.05) is 133 Å². The minimum Gasteiger partial charge on any atom is -0.457 e. The zero-order valence-electron chi connectivity index (χ0n) is 35.3. The number of aromatic nitrogens is 4. The van der Waals surface area contributed by atoms with Gasteiger partial charge in [0.2, 0.25) is 0 Å². The van der Waals surface area contributed by atoms with Gasteiger partial charge in [0.25, 0.3) is 0 Å². The van der Waals surface area contributed by atoms with E-state index in [0.717, 1.165) is 46.2 Å². The Bertz CT molecular complexity index is 2940. The van der Waals surface area contributed by atoms with Crippen molar-refractivity contribution in [3.63, 3.8) is 0 Å². The van der Waals surface area contributed by atoms with Crippen LogP contribution in [0.25, 0.3) is 11.2 Å². The Morgan fingerprint density at radius 3 is 1.80 bits per heavy atom. The lowest BCUT2D eigenvalue weighted by atomic mass is 9.55. The van der Waals surface area contributed by atoms with Crippen LogP contribution < -0.4 is 15.2 Å². The number of fused-ring (bicyclic) bond motifs is 5. The molecule has 4 aliphatic rings. The molecule has 12 rings (SSSR count). The molecule has 6 aromatic carbocycles. The summed E-state index contributed by atoms with van der Waals surface area (Å²) in [5.41, 5.74) is 7.25. The Labute approximate surface area is 375 Å². The Hall–Kier alpha value is -6.93. The number of imidazole rings is 1. The van der Waals surface area contributed by atoms with E-state index >= 15 is 5.11 Å². The fourth-order valence-electron chi connectivity index (χ4n) is 10.8. The number of ether oxygens (including phenoxy) is 6. The third kappa shape index (κ3) is 5.91. The van der Waals surface area contributed by atoms with E-state index in [9.17, 15) is 0 Å². The predicted octanol–water partition coefficient (Wildman–Crippen LogP) is 9.20. The van der Waals surface area contributed by atoms with Gasteiger partial charge in [-0.15, -0.1) is 0 Å². The van der Waals surface area contributed by atoms with E-state index in [1.807, 2.05) is 146 Å². The summed E-state index contributed by atoms with van der Waals surface area (Å²) in [6.45, 7) is 0.356. The van der Waals surface area contributed by atoms with Crippen molar-refractivity contribution in [2.45, 2.75) is 60.6 Å². The Balaban J connectivity index is 1.14. The van der Waals surface area contributed by atoms with Crippen molar-refractivity contribution in [2.75, 3.05) is 18.9 Å². The van der Waals surface area contributed by atoms with Crippen LogP contribution in [-0.4, -0.2) is 61.9 Å². The smallest absolute Gasteiger partial charge is 0.167 e. The second kappa shape index (κ2) is 15.7. The monoisotopic (exact) mass is 863 g/mol. The molecule has 65 heavy (non-hydrogen) atoms. The van der Waals surface area contributed by atoms with Gasteiger partial charge >= 0.3 is 0 Å². The number of benzene rings is 6. The quantitative estimate of drug-likeness (QED) is 0.143. The van der Waals surface area contributed by atoms with Crippen LogP contribution in [0.2, 0.25) is 0 Å². The summed E-state index contributed by atoms with van der Waals surface area (Å²) in [6, 6.07) is 51.8. The van der Waals surface area contributed by atoms with Crippen molar-refractivity contribution in [1.82, 2.24) is 19.5 Å². The molecular formula is C53H45N5O7. The molecule has 2 aromatic heterocycles. The van der Waals surface area contributed by atoms with E-state index < -0.39 is 41.3 Å². The molecule has 12 heteroatoms. The number of hydrogen-bond donors (Lipinski definition) is 2. The van der Waals surface area contributed by atoms with Gasteiger partial charge in [-0.3, -0.25) is 4.57 Å². The standard InChI is InChI=1S/C53H45N5O7/c54-48-46-49(56-32-55-48)58(33-57-46)50-47(65-45-29-15-16-30-60-45)53(59,51(34-17-3-1-4-18-34)36-21-7-11-25-40(36)62-41-26-12-8-22-37(41)51)44(64-50)31-61-52(35-19-5-2-6-20-35)38-23-9-13-27-42(38)63-43-28-14-10-24-39(43)52/h1-14,17-28,32-33,44-45,47,50,59H,15-16,29-31H2,(H2,54,55,56)/t44-,45?,47+,50-,53-/m1/s1. The molecule has 12 nitrogen and oxygen atoms in total. The van der Waals surface area contributed by atoms with E-state index in [-0.39, 0.29) is 12.4 Å². The largest absolute Gasteiger partial charge is 0.457 e. The summed E-state index contributed by atoms with van der Waals surface area (Å²) >= 11 is 0. The summed E-state index contributed by atoms with van der Waals surface area (Å²) < 4.78 is 44.0. The Morgan fingerprint density at radius 2 is 1.20 bits per heavy atom. The van der Waals surface area contributed by atoms with Crippen molar-refractivity contribution >= 4 is 17.0 Å². The molecule has 0 radical (unpaired) electrons. The number of rotatable bonds is 9. The third-order valence-electron chi connectivity index (χ3n) is 13.6. The lowest BCUT2D eigenvalue weighted by Gasteiger charge is -2.53. The molecule has 324 valence electrons. The highest BCUT2D eigenvalue weighted by Gasteiger charge is 2.72. The van der Waals surface area contributed by atoms with Crippen LogP contribution in [-0.2, 0) is 30.0 Å². The van der Waals surface area contributed by atoms with Crippen LogP contribution in [0.3, 0.4) is 0 Å². The first kappa shape index (κ1) is 39.6. The van der Waals surface area contributed by atoms with Crippen LogP contribution in [0.5, 0.6) is 23.0 Å². The van der Waals surface area contributed by atoms with Gasteiger partial charge in [0.1, 0.15) is 52.7 Å². The molecule has 0 aliphatic carbocycles. The number of anilines is 1. The molecule has 2 saturated heterocycles. The zero-order chi connectivity index (χ0) is 43.6. The number of nitrogen functional groups attached to an aromatic ring is 1. The van der Waals surface area contributed by atoms with Crippen LogP contribution in [0, 0.1) is 0 Å². The third-order valence-corrected chi connectivity index (χ3v) is 13.6. The van der Waals surface area contributed by atoms with Gasteiger partial charge in [0, 0.05) is 28.9 Å². The Morgan fingerprint density at radius 1 is 0.646 bits per heavy atom. The molecule has 6 heterocycles. The molecule has 0 spiro atoms. The predicted molar refractivity (Wildman–Crippen MR) is 242 cm³/mol. The van der Waals surface area contributed by atoms with Gasteiger partial charge in [0.15, 0.2) is 29.6 Å². The second-order valence-corrected chi connectivity index (χ2v) is 16.9. The first-order chi connectivity index (χ1) is 32.0. The minimum atomic E-state index is -2.03. The minimum absolute atomic E-state index is 0.153. The van der Waals surface area contributed by atoms with Gasteiger partial charge in [0.05, 0.1) is 18.3 Å². The van der Waals surface area contributed by atoms with Gasteiger partial charge in [-0.2, -0.15) is 0 Å². The molecule has 3 N–H and O–H groups in total. The zero-order valence-corrected chi connectivity index (χ0v) is 35.3. The highest BCUT2D eigenvalue weighted by atomic mass is 16.7. The lowest BCUT2D eigenvalue weighted by molar-refractivity contribution is -0.239. The number of para-hydroxylation sites is 4. The van der Waals surface area contributed by atoms with Gasteiger partial charge < -0.3 is 39.3 Å². The molecule has 0 bridgehead atoms. The normalized spacial score (nSPS) is 23.6. The summed E-state index contributed by atoms with van der Waals surface area (Å²) in [5, 5.41) is 15.2. The number of hydrogen-bond acceptors (Lipinski definition) is 11.